The molecule has 0 spiro atoms. The van der Waals surface area contributed by atoms with Gasteiger partial charge in [0.2, 0.25) is 0 Å². The third-order valence-electron chi connectivity index (χ3n) is 2.88. The van der Waals surface area contributed by atoms with Crippen LogP contribution in [0.1, 0.15) is 24.2 Å². The summed E-state index contributed by atoms with van der Waals surface area (Å²) in [6.07, 6.45) is 5.71. The van der Waals surface area contributed by atoms with E-state index in [1.807, 2.05) is 6.92 Å². The summed E-state index contributed by atoms with van der Waals surface area (Å²) in [6.45, 7) is 3.68. The van der Waals surface area contributed by atoms with Crippen molar-refractivity contribution < 1.29 is 5.11 Å². The molecule has 1 aliphatic rings. The molecule has 0 radical (unpaired) electrons. The molecule has 2 heterocycles. The Labute approximate surface area is 89.8 Å². The third kappa shape index (κ3) is 2.73. The van der Waals surface area contributed by atoms with Crippen molar-refractivity contribution in [2.45, 2.75) is 31.8 Å². The zero-order chi connectivity index (χ0) is 10.7. The Morgan fingerprint density at radius 1 is 1.33 bits per heavy atom. The van der Waals surface area contributed by atoms with Gasteiger partial charge in [0.15, 0.2) is 0 Å². The average molecular weight is 207 g/mol. The molecular formula is C11H17N3O. The predicted octanol–water partition coefficient (Wildman–Crippen LogP) is 0.442. The van der Waals surface area contributed by atoms with Gasteiger partial charge in [-0.2, -0.15) is 0 Å². The lowest BCUT2D eigenvalue weighted by Crippen LogP contribution is -2.43. The largest absolute Gasteiger partial charge is 0.389 e. The summed E-state index contributed by atoms with van der Waals surface area (Å²) in [7, 11) is 0. The molecule has 1 aromatic rings. The maximum atomic E-state index is 10.3. The highest BCUT2D eigenvalue weighted by molar-refractivity contribution is 5.05. The van der Waals surface area contributed by atoms with Crippen LogP contribution in [-0.4, -0.2) is 33.8 Å². The second kappa shape index (κ2) is 4.24. The van der Waals surface area contributed by atoms with E-state index >= 15 is 0 Å². The van der Waals surface area contributed by atoms with E-state index in [0.29, 0.717) is 6.42 Å². The summed E-state index contributed by atoms with van der Waals surface area (Å²) in [6, 6.07) is 0. The van der Waals surface area contributed by atoms with Crippen LogP contribution in [0.4, 0.5) is 0 Å². The molecule has 0 aliphatic carbocycles. The van der Waals surface area contributed by atoms with Crippen LogP contribution in [0.25, 0.3) is 0 Å². The van der Waals surface area contributed by atoms with Crippen LogP contribution in [-0.2, 0) is 6.42 Å². The van der Waals surface area contributed by atoms with E-state index in [4.69, 9.17) is 0 Å². The van der Waals surface area contributed by atoms with E-state index in [1.54, 1.807) is 12.4 Å². The van der Waals surface area contributed by atoms with Crippen molar-refractivity contribution in [3.05, 3.63) is 23.8 Å². The summed E-state index contributed by atoms with van der Waals surface area (Å²) in [4.78, 5) is 8.46. The fraction of sp³-hybridized carbons (Fsp3) is 0.636. The summed E-state index contributed by atoms with van der Waals surface area (Å²) < 4.78 is 0. The number of aromatic nitrogens is 2. The lowest BCUT2D eigenvalue weighted by atomic mass is 9.88. The minimum atomic E-state index is -0.588. The molecular weight excluding hydrogens is 190 g/mol. The van der Waals surface area contributed by atoms with E-state index < -0.39 is 5.60 Å². The highest BCUT2D eigenvalue weighted by Gasteiger charge is 2.29. The second-order valence-electron chi connectivity index (χ2n) is 4.30. The van der Waals surface area contributed by atoms with Crippen LogP contribution in [0.5, 0.6) is 0 Å². The summed E-state index contributed by atoms with van der Waals surface area (Å²) in [5.74, 6) is 0. The number of hydrogen-bond acceptors (Lipinski definition) is 4. The number of piperidine rings is 1. The Kier molecular flexibility index (Phi) is 2.98. The number of rotatable bonds is 2. The molecule has 15 heavy (non-hydrogen) atoms. The van der Waals surface area contributed by atoms with Gasteiger partial charge in [-0.1, -0.05) is 0 Å². The lowest BCUT2D eigenvalue weighted by molar-refractivity contribution is 0.00993. The molecule has 82 valence electrons. The van der Waals surface area contributed by atoms with Crippen molar-refractivity contribution in [3.8, 4) is 0 Å². The highest BCUT2D eigenvalue weighted by Crippen LogP contribution is 2.21. The summed E-state index contributed by atoms with van der Waals surface area (Å²) in [5.41, 5.74) is 1.20. The first-order chi connectivity index (χ1) is 7.18. The average Bonchev–Trinajstić information content (AvgIpc) is 2.22. The molecule has 1 aliphatic heterocycles. The van der Waals surface area contributed by atoms with Crippen molar-refractivity contribution in [2.24, 2.45) is 0 Å². The van der Waals surface area contributed by atoms with Gasteiger partial charge in [-0.25, -0.2) is 0 Å². The third-order valence-corrected chi connectivity index (χ3v) is 2.88. The number of nitrogens with one attached hydrogen (secondary N) is 1. The molecule has 0 aromatic carbocycles. The summed E-state index contributed by atoms with van der Waals surface area (Å²) in [5, 5.41) is 13.5. The zero-order valence-corrected chi connectivity index (χ0v) is 9.03. The minimum Gasteiger partial charge on any atom is -0.389 e. The molecule has 2 rings (SSSR count). The highest BCUT2D eigenvalue weighted by atomic mass is 16.3. The smallest absolute Gasteiger partial charge is 0.0727 e. The Bertz CT molecular complexity index is 317. The van der Waals surface area contributed by atoms with Gasteiger partial charge in [-0.05, 0) is 32.9 Å². The monoisotopic (exact) mass is 207 g/mol. The molecule has 0 unspecified atom stereocenters. The van der Waals surface area contributed by atoms with Gasteiger partial charge in [0.25, 0.3) is 0 Å². The quantitative estimate of drug-likeness (QED) is 0.739. The standard InChI is InChI=1S/C11H17N3O/c1-9-7-14-10(8-13-9)6-11(15)2-4-12-5-3-11/h7-8,12,15H,2-6H2,1H3. The van der Waals surface area contributed by atoms with Crippen LogP contribution in [0, 0.1) is 6.92 Å². The van der Waals surface area contributed by atoms with Gasteiger partial charge in [-0.3, -0.25) is 9.97 Å². The Balaban J connectivity index is 2.03. The van der Waals surface area contributed by atoms with Crippen molar-refractivity contribution in [3.63, 3.8) is 0 Å². The Morgan fingerprint density at radius 2 is 2.07 bits per heavy atom. The fourth-order valence-electron chi connectivity index (χ4n) is 1.92. The first-order valence-corrected chi connectivity index (χ1v) is 5.39. The molecule has 1 saturated heterocycles. The van der Waals surface area contributed by atoms with E-state index in [9.17, 15) is 5.11 Å². The van der Waals surface area contributed by atoms with Crippen LogP contribution in [0.2, 0.25) is 0 Å². The molecule has 2 N–H and O–H groups in total. The summed E-state index contributed by atoms with van der Waals surface area (Å²) >= 11 is 0. The van der Waals surface area contributed by atoms with E-state index in [2.05, 4.69) is 15.3 Å². The van der Waals surface area contributed by atoms with Gasteiger partial charge in [0.05, 0.1) is 17.0 Å². The van der Waals surface area contributed by atoms with Gasteiger partial charge < -0.3 is 10.4 Å². The normalized spacial score (nSPS) is 20.1. The number of aryl methyl sites for hydroxylation is 1. The van der Waals surface area contributed by atoms with Crippen molar-refractivity contribution in [1.82, 2.24) is 15.3 Å². The Hall–Kier alpha value is -1.00. The molecule has 1 aromatic heterocycles. The van der Waals surface area contributed by atoms with E-state index in [-0.39, 0.29) is 0 Å². The van der Waals surface area contributed by atoms with Gasteiger partial charge in [-0.15, -0.1) is 0 Å². The molecule has 0 saturated carbocycles. The first kappa shape index (κ1) is 10.5. The number of aliphatic hydroxyl groups is 1. The lowest BCUT2D eigenvalue weighted by Gasteiger charge is -2.32. The zero-order valence-electron chi connectivity index (χ0n) is 9.03. The molecule has 4 nitrogen and oxygen atoms in total. The maximum absolute atomic E-state index is 10.3. The first-order valence-electron chi connectivity index (χ1n) is 5.39. The van der Waals surface area contributed by atoms with Crippen molar-refractivity contribution in [2.75, 3.05) is 13.1 Å². The van der Waals surface area contributed by atoms with E-state index in [0.717, 1.165) is 37.3 Å². The number of nitrogens with zero attached hydrogens (tertiary/aromatic N) is 2. The van der Waals surface area contributed by atoms with Gasteiger partial charge in [0, 0.05) is 18.8 Å². The number of hydrogen-bond donors (Lipinski definition) is 2. The van der Waals surface area contributed by atoms with Crippen LogP contribution in [0.15, 0.2) is 12.4 Å². The maximum Gasteiger partial charge on any atom is 0.0727 e. The molecule has 0 amide bonds. The van der Waals surface area contributed by atoms with Crippen molar-refractivity contribution >= 4 is 0 Å². The van der Waals surface area contributed by atoms with Crippen molar-refractivity contribution in [1.29, 1.82) is 0 Å². The van der Waals surface area contributed by atoms with Crippen LogP contribution in [0.3, 0.4) is 0 Å². The van der Waals surface area contributed by atoms with Gasteiger partial charge in [0.1, 0.15) is 0 Å². The van der Waals surface area contributed by atoms with Crippen LogP contribution >= 0.6 is 0 Å². The minimum absolute atomic E-state index is 0.588. The fourth-order valence-corrected chi connectivity index (χ4v) is 1.92. The molecule has 1 fully saturated rings. The topological polar surface area (TPSA) is 58.0 Å². The predicted molar refractivity (Wildman–Crippen MR) is 57.5 cm³/mol. The van der Waals surface area contributed by atoms with Crippen LogP contribution < -0.4 is 5.32 Å². The SMILES string of the molecule is Cc1cnc(CC2(O)CCNCC2)cn1. The second-order valence-corrected chi connectivity index (χ2v) is 4.30. The van der Waals surface area contributed by atoms with Gasteiger partial charge >= 0.3 is 0 Å². The molecule has 0 bridgehead atoms. The molecule has 0 atom stereocenters. The van der Waals surface area contributed by atoms with E-state index in [1.165, 1.54) is 0 Å². The molecule has 4 heteroatoms. The Morgan fingerprint density at radius 3 is 2.67 bits per heavy atom.